The summed E-state index contributed by atoms with van der Waals surface area (Å²) in [6.07, 6.45) is 0. The zero-order valence-electron chi connectivity index (χ0n) is 17.0. The zero-order valence-corrected chi connectivity index (χ0v) is 17.0. The Morgan fingerprint density at radius 3 is 2.37 bits per heavy atom. The summed E-state index contributed by atoms with van der Waals surface area (Å²) in [4.78, 5) is 7.36. The van der Waals surface area contributed by atoms with E-state index >= 15 is 0 Å². The van der Waals surface area contributed by atoms with Gasteiger partial charge in [0.05, 0.1) is 11.0 Å². The second-order valence-electron chi connectivity index (χ2n) is 7.61. The number of imidazole rings is 1. The van der Waals surface area contributed by atoms with Crippen LogP contribution in [0.2, 0.25) is 0 Å². The number of hydrogen-bond acceptors (Lipinski definition) is 4. The molecular weight excluding hydrogens is 372 g/mol. The molecule has 0 atom stereocenters. The van der Waals surface area contributed by atoms with Crippen molar-refractivity contribution in [3.8, 4) is 5.75 Å². The number of piperazine rings is 1. The van der Waals surface area contributed by atoms with Crippen molar-refractivity contribution < 1.29 is 4.74 Å². The Balaban J connectivity index is 1.51. The van der Waals surface area contributed by atoms with E-state index in [0.717, 1.165) is 55.3 Å². The van der Waals surface area contributed by atoms with Crippen molar-refractivity contribution >= 4 is 16.7 Å². The number of anilines is 1. The van der Waals surface area contributed by atoms with Gasteiger partial charge in [-0.15, -0.1) is 0 Å². The number of aromatic nitrogens is 2. The number of nitrogens with zero attached hydrogens (tertiary/aromatic N) is 3. The molecule has 0 radical (unpaired) electrons. The van der Waals surface area contributed by atoms with Gasteiger partial charge in [0.2, 0.25) is 0 Å². The molecule has 1 aliphatic rings. The number of nitrogens with one attached hydrogen (secondary N) is 1. The van der Waals surface area contributed by atoms with Crippen LogP contribution in [-0.4, -0.2) is 35.7 Å². The Labute approximate surface area is 176 Å². The molecule has 1 fully saturated rings. The number of hydrogen-bond donors (Lipinski definition) is 1. The third-order valence-electron chi connectivity index (χ3n) is 5.59. The first-order valence-electron chi connectivity index (χ1n) is 10.5. The third-order valence-corrected chi connectivity index (χ3v) is 5.59. The first-order valence-corrected chi connectivity index (χ1v) is 10.5. The Morgan fingerprint density at radius 1 is 0.867 bits per heavy atom. The molecule has 1 N–H and O–H groups in total. The van der Waals surface area contributed by atoms with Crippen LogP contribution in [0.1, 0.15) is 11.4 Å². The second kappa shape index (κ2) is 8.59. The van der Waals surface area contributed by atoms with E-state index in [2.05, 4.69) is 63.3 Å². The van der Waals surface area contributed by atoms with Gasteiger partial charge in [0, 0.05) is 38.4 Å². The number of fused-ring (bicyclic) bond motifs is 1. The molecule has 1 aromatic heterocycles. The fraction of sp³-hybridized carbons (Fsp3) is 0.240. The van der Waals surface area contributed by atoms with Crippen molar-refractivity contribution in [1.29, 1.82) is 0 Å². The van der Waals surface area contributed by atoms with Crippen LogP contribution in [-0.2, 0) is 13.2 Å². The Kier molecular flexibility index (Phi) is 5.36. The van der Waals surface area contributed by atoms with Gasteiger partial charge in [-0.25, -0.2) is 4.98 Å². The SMILES string of the molecule is c1ccc(Cn2c(COc3ccccc3)nc3ccc(N4CCNCC4)cc32)cc1. The molecule has 5 heteroatoms. The first kappa shape index (κ1) is 18.7. The lowest BCUT2D eigenvalue weighted by molar-refractivity contribution is 0.291. The predicted molar refractivity (Wildman–Crippen MR) is 121 cm³/mol. The predicted octanol–water partition coefficient (Wildman–Crippen LogP) is 4.07. The molecule has 5 rings (SSSR count). The Bertz CT molecular complexity index is 1100. The standard InChI is InChI=1S/C25H26N4O/c1-3-7-20(8-4-1)18-29-24-17-21(28-15-13-26-14-16-28)11-12-23(24)27-25(29)19-30-22-9-5-2-6-10-22/h1-12,17,26H,13-16,18-19H2. The lowest BCUT2D eigenvalue weighted by atomic mass is 10.2. The Hall–Kier alpha value is -3.31. The van der Waals surface area contributed by atoms with Crippen molar-refractivity contribution in [1.82, 2.24) is 14.9 Å². The van der Waals surface area contributed by atoms with E-state index in [4.69, 9.17) is 9.72 Å². The lowest BCUT2D eigenvalue weighted by Crippen LogP contribution is -2.43. The van der Waals surface area contributed by atoms with E-state index in [9.17, 15) is 0 Å². The second-order valence-corrected chi connectivity index (χ2v) is 7.61. The normalized spacial score (nSPS) is 14.2. The van der Waals surface area contributed by atoms with E-state index < -0.39 is 0 Å². The molecule has 0 saturated carbocycles. The minimum absolute atomic E-state index is 0.439. The maximum Gasteiger partial charge on any atom is 0.148 e. The summed E-state index contributed by atoms with van der Waals surface area (Å²) in [5.41, 5.74) is 4.68. The molecule has 5 nitrogen and oxygen atoms in total. The molecule has 4 aromatic rings. The van der Waals surface area contributed by atoms with Gasteiger partial charge in [0.15, 0.2) is 0 Å². The van der Waals surface area contributed by atoms with E-state index in [1.807, 2.05) is 30.3 Å². The van der Waals surface area contributed by atoms with E-state index in [1.54, 1.807) is 0 Å². The molecule has 0 aliphatic carbocycles. The van der Waals surface area contributed by atoms with Crippen LogP contribution in [0.25, 0.3) is 11.0 Å². The highest BCUT2D eigenvalue weighted by Crippen LogP contribution is 2.25. The van der Waals surface area contributed by atoms with Crippen LogP contribution in [0.15, 0.2) is 78.9 Å². The molecule has 0 bridgehead atoms. The summed E-state index contributed by atoms with van der Waals surface area (Å²) in [7, 11) is 0. The fourth-order valence-corrected chi connectivity index (χ4v) is 4.00. The molecule has 3 aromatic carbocycles. The summed E-state index contributed by atoms with van der Waals surface area (Å²) >= 11 is 0. The van der Waals surface area contributed by atoms with E-state index in [-0.39, 0.29) is 0 Å². The van der Waals surface area contributed by atoms with E-state index in [1.165, 1.54) is 11.3 Å². The van der Waals surface area contributed by atoms with Gasteiger partial charge in [0.25, 0.3) is 0 Å². The summed E-state index contributed by atoms with van der Waals surface area (Å²) in [6, 6.07) is 27.1. The summed E-state index contributed by atoms with van der Waals surface area (Å²) in [5.74, 6) is 1.80. The van der Waals surface area contributed by atoms with Gasteiger partial charge in [-0.3, -0.25) is 0 Å². The minimum atomic E-state index is 0.439. The number of benzene rings is 3. The summed E-state index contributed by atoms with van der Waals surface area (Å²) in [5, 5.41) is 3.43. The Morgan fingerprint density at radius 2 is 1.60 bits per heavy atom. The van der Waals surface area contributed by atoms with Crippen molar-refractivity contribution in [2.45, 2.75) is 13.2 Å². The van der Waals surface area contributed by atoms with Crippen LogP contribution in [0.4, 0.5) is 5.69 Å². The van der Waals surface area contributed by atoms with Gasteiger partial charge >= 0.3 is 0 Å². The lowest BCUT2D eigenvalue weighted by Gasteiger charge is -2.29. The summed E-state index contributed by atoms with van der Waals surface area (Å²) in [6.45, 7) is 5.32. The monoisotopic (exact) mass is 398 g/mol. The van der Waals surface area contributed by atoms with Gasteiger partial charge in [-0.05, 0) is 35.9 Å². The van der Waals surface area contributed by atoms with E-state index in [0.29, 0.717) is 6.61 Å². The zero-order chi connectivity index (χ0) is 20.2. The number of para-hydroxylation sites is 1. The average molecular weight is 399 g/mol. The number of rotatable bonds is 6. The van der Waals surface area contributed by atoms with Crippen molar-refractivity contribution in [3.63, 3.8) is 0 Å². The third kappa shape index (κ3) is 4.02. The number of ether oxygens (including phenoxy) is 1. The van der Waals surface area contributed by atoms with Gasteiger partial charge < -0.3 is 19.5 Å². The molecule has 152 valence electrons. The smallest absolute Gasteiger partial charge is 0.148 e. The highest BCUT2D eigenvalue weighted by Gasteiger charge is 2.16. The van der Waals surface area contributed by atoms with Crippen molar-refractivity contribution in [3.05, 3.63) is 90.3 Å². The van der Waals surface area contributed by atoms with Crippen LogP contribution >= 0.6 is 0 Å². The molecule has 2 heterocycles. The van der Waals surface area contributed by atoms with Gasteiger partial charge in [-0.1, -0.05) is 48.5 Å². The van der Waals surface area contributed by atoms with Gasteiger partial charge in [-0.2, -0.15) is 0 Å². The molecule has 0 spiro atoms. The van der Waals surface area contributed by atoms with Crippen LogP contribution in [0.5, 0.6) is 5.75 Å². The average Bonchev–Trinajstić information content (AvgIpc) is 3.16. The van der Waals surface area contributed by atoms with Crippen molar-refractivity contribution in [2.24, 2.45) is 0 Å². The van der Waals surface area contributed by atoms with Crippen LogP contribution in [0, 0.1) is 0 Å². The quantitative estimate of drug-likeness (QED) is 0.532. The highest BCUT2D eigenvalue weighted by atomic mass is 16.5. The highest BCUT2D eigenvalue weighted by molar-refractivity contribution is 5.80. The molecule has 30 heavy (non-hydrogen) atoms. The fourth-order valence-electron chi connectivity index (χ4n) is 4.00. The van der Waals surface area contributed by atoms with Crippen molar-refractivity contribution in [2.75, 3.05) is 31.1 Å². The molecule has 1 aliphatic heterocycles. The molecule has 0 amide bonds. The maximum atomic E-state index is 6.04. The van der Waals surface area contributed by atoms with Crippen LogP contribution < -0.4 is 15.0 Å². The first-order chi connectivity index (χ1) is 14.9. The topological polar surface area (TPSA) is 42.3 Å². The minimum Gasteiger partial charge on any atom is -0.486 e. The maximum absolute atomic E-state index is 6.04. The molecule has 1 saturated heterocycles. The largest absolute Gasteiger partial charge is 0.486 e. The van der Waals surface area contributed by atoms with Gasteiger partial charge in [0.1, 0.15) is 18.2 Å². The molecule has 0 unspecified atom stereocenters. The summed E-state index contributed by atoms with van der Waals surface area (Å²) < 4.78 is 8.34. The van der Waals surface area contributed by atoms with Crippen LogP contribution in [0.3, 0.4) is 0 Å². The molecular formula is C25H26N4O.